The predicted octanol–water partition coefficient (Wildman–Crippen LogP) is 2.40. The molecule has 0 unspecified atom stereocenters. The largest absolute Gasteiger partial charge is 0.350 e. The summed E-state index contributed by atoms with van der Waals surface area (Å²) in [5.74, 6) is 0. The maximum atomic E-state index is 4.18. The minimum absolute atomic E-state index is 1.11. The fourth-order valence-corrected chi connectivity index (χ4v) is 1.52. The van der Waals surface area contributed by atoms with Gasteiger partial charge in [0.25, 0.3) is 0 Å². The molecular weight excluding hydrogens is 186 g/mol. The van der Waals surface area contributed by atoms with Crippen molar-refractivity contribution in [3.63, 3.8) is 0 Å². The third-order valence-electron chi connectivity index (χ3n) is 2.35. The zero-order valence-corrected chi connectivity index (χ0v) is 8.88. The van der Waals surface area contributed by atoms with Crippen LogP contribution in [0.15, 0.2) is 43.1 Å². The van der Waals surface area contributed by atoms with Crippen LogP contribution in [0, 0.1) is 6.92 Å². The summed E-state index contributed by atoms with van der Waals surface area (Å²) in [5, 5.41) is 1.11. The van der Waals surface area contributed by atoms with Gasteiger partial charge in [-0.15, -0.1) is 0 Å². The second-order valence-corrected chi connectivity index (χ2v) is 3.46. The van der Waals surface area contributed by atoms with Gasteiger partial charge < -0.3 is 4.57 Å². The Balaban J connectivity index is 2.99. The van der Waals surface area contributed by atoms with Crippen LogP contribution in [0.4, 0.5) is 0 Å². The molecule has 76 valence electrons. The zero-order chi connectivity index (χ0) is 10.7. The third kappa shape index (κ3) is 1.96. The molecular formula is C12H13N3. The smallest absolute Gasteiger partial charge is 0.0511 e. The molecule has 0 amide bonds. The lowest BCUT2D eigenvalue weighted by Gasteiger charge is -2.01. The van der Waals surface area contributed by atoms with Crippen molar-refractivity contribution < 1.29 is 0 Å². The van der Waals surface area contributed by atoms with Crippen LogP contribution in [-0.2, 0) is 7.05 Å². The molecule has 0 spiro atoms. The van der Waals surface area contributed by atoms with Crippen molar-refractivity contribution in [2.24, 2.45) is 7.05 Å². The van der Waals surface area contributed by atoms with Crippen molar-refractivity contribution in [2.45, 2.75) is 6.92 Å². The molecule has 0 N–H and O–H groups in total. The van der Waals surface area contributed by atoms with E-state index < -0.39 is 0 Å². The summed E-state index contributed by atoms with van der Waals surface area (Å²) in [4.78, 5) is 8.32. The Morgan fingerprint density at radius 3 is 2.80 bits per heavy atom. The molecule has 15 heavy (non-hydrogen) atoms. The van der Waals surface area contributed by atoms with Crippen molar-refractivity contribution in [1.29, 1.82) is 0 Å². The fourth-order valence-electron chi connectivity index (χ4n) is 1.52. The Morgan fingerprint density at radius 1 is 1.13 bits per heavy atom. The van der Waals surface area contributed by atoms with Gasteiger partial charge >= 0.3 is 0 Å². The fraction of sp³-hybridized carbons (Fsp3) is 0.167. The van der Waals surface area contributed by atoms with Crippen molar-refractivity contribution >= 4 is 10.9 Å². The first-order chi connectivity index (χ1) is 7.29. The molecule has 0 aliphatic carbocycles. The lowest BCUT2D eigenvalue weighted by atomic mass is 10.2. The van der Waals surface area contributed by atoms with Crippen molar-refractivity contribution in [3.8, 4) is 0 Å². The molecule has 0 aromatic carbocycles. The Hall–Kier alpha value is -1.90. The molecule has 2 heterocycles. The van der Waals surface area contributed by atoms with Gasteiger partial charge in [0.1, 0.15) is 0 Å². The summed E-state index contributed by atoms with van der Waals surface area (Å²) in [7, 11) is 2.02. The van der Waals surface area contributed by atoms with Crippen LogP contribution in [0.25, 0.3) is 10.9 Å². The summed E-state index contributed by atoms with van der Waals surface area (Å²) >= 11 is 0. The summed E-state index contributed by atoms with van der Waals surface area (Å²) in [5.41, 5.74) is 2.26. The molecule has 2 aromatic rings. The van der Waals surface area contributed by atoms with E-state index >= 15 is 0 Å². The molecule has 0 bridgehead atoms. The molecule has 2 aromatic heterocycles. The average Bonchev–Trinajstić information content (AvgIpc) is 2.33. The average molecular weight is 199 g/mol. The van der Waals surface area contributed by atoms with Gasteiger partial charge in [0.15, 0.2) is 0 Å². The zero-order valence-electron chi connectivity index (χ0n) is 8.88. The SMILES string of the molecule is Cc1cncccn(C)c2ccncc12. The van der Waals surface area contributed by atoms with Crippen LogP contribution in [0.1, 0.15) is 5.56 Å². The highest BCUT2D eigenvalue weighted by atomic mass is 14.9. The normalized spacial score (nSPS) is 10.0. The van der Waals surface area contributed by atoms with Crippen LogP contribution in [0.5, 0.6) is 0 Å². The first-order valence-electron chi connectivity index (χ1n) is 4.83. The minimum atomic E-state index is 1.11. The summed E-state index contributed by atoms with van der Waals surface area (Å²) in [6.07, 6.45) is 9.28. The topological polar surface area (TPSA) is 30.7 Å². The number of hydrogen-bond donors (Lipinski definition) is 0. The predicted molar refractivity (Wildman–Crippen MR) is 60.9 cm³/mol. The van der Waals surface area contributed by atoms with E-state index in [-0.39, 0.29) is 0 Å². The highest BCUT2D eigenvalue weighted by Gasteiger charge is 1.94. The second-order valence-electron chi connectivity index (χ2n) is 3.46. The van der Waals surface area contributed by atoms with Gasteiger partial charge in [-0.25, -0.2) is 0 Å². The molecule has 0 radical (unpaired) electrons. The van der Waals surface area contributed by atoms with Crippen LogP contribution in [0.2, 0.25) is 0 Å². The number of hydrogen-bond acceptors (Lipinski definition) is 2. The number of aromatic nitrogens is 3. The van der Waals surface area contributed by atoms with Gasteiger partial charge in [-0.1, -0.05) is 0 Å². The molecule has 3 heteroatoms. The van der Waals surface area contributed by atoms with Crippen LogP contribution >= 0.6 is 0 Å². The highest BCUT2D eigenvalue weighted by Crippen LogP contribution is 2.12. The Labute approximate surface area is 88.7 Å². The van der Waals surface area contributed by atoms with Crippen molar-refractivity contribution in [1.82, 2.24) is 14.5 Å². The van der Waals surface area contributed by atoms with Gasteiger partial charge in [0.2, 0.25) is 0 Å². The van der Waals surface area contributed by atoms with Crippen LogP contribution in [0.3, 0.4) is 0 Å². The molecule has 2 rings (SSSR count). The maximum absolute atomic E-state index is 4.18. The Kier molecular flexibility index (Phi) is 2.63. The summed E-state index contributed by atoms with van der Waals surface area (Å²) in [6.45, 7) is 2.04. The molecule has 0 saturated heterocycles. The monoisotopic (exact) mass is 199 g/mol. The molecule has 3 nitrogen and oxygen atoms in total. The van der Waals surface area contributed by atoms with E-state index in [2.05, 4.69) is 14.5 Å². The van der Waals surface area contributed by atoms with Crippen LogP contribution in [-0.4, -0.2) is 14.5 Å². The minimum Gasteiger partial charge on any atom is -0.350 e. The summed E-state index contributed by atoms with van der Waals surface area (Å²) in [6, 6.07) is 3.92. The molecule has 0 aliphatic rings. The lowest BCUT2D eigenvalue weighted by Crippen LogP contribution is -1.89. The van der Waals surface area contributed by atoms with E-state index in [1.807, 2.05) is 44.7 Å². The van der Waals surface area contributed by atoms with E-state index in [0.29, 0.717) is 0 Å². The van der Waals surface area contributed by atoms with Gasteiger partial charge in [-0.2, -0.15) is 0 Å². The molecule has 0 atom stereocenters. The maximum Gasteiger partial charge on any atom is 0.0511 e. The second kappa shape index (κ2) is 4.09. The van der Waals surface area contributed by atoms with Gasteiger partial charge in [-0.05, 0) is 24.6 Å². The van der Waals surface area contributed by atoms with Crippen LogP contribution < -0.4 is 0 Å². The number of rotatable bonds is 0. The van der Waals surface area contributed by atoms with E-state index in [9.17, 15) is 0 Å². The number of nitrogens with zero attached hydrogens (tertiary/aromatic N) is 3. The number of fused-ring (bicyclic) bond motifs is 1. The Morgan fingerprint density at radius 2 is 1.93 bits per heavy atom. The first-order valence-corrected chi connectivity index (χ1v) is 4.83. The summed E-state index contributed by atoms with van der Waals surface area (Å²) < 4.78 is 2.06. The molecule has 0 fully saturated rings. The number of aryl methyl sites for hydroxylation is 2. The lowest BCUT2D eigenvalue weighted by molar-refractivity contribution is 0.955. The van der Waals surface area contributed by atoms with Gasteiger partial charge in [0, 0.05) is 43.4 Å². The highest BCUT2D eigenvalue weighted by molar-refractivity contribution is 5.79. The first kappa shape index (κ1) is 9.65. The van der Waals surface area contributed by atoms with Crippen molar-refractivity contribution in [3.05, 3.63) is 48.7 Å². The van der Waals surface area contributed by atoms with Gasteiger partial charge in [0.05, 0.1) is 5.52 Å². The van der Waals surface area contributed by atoms with E-state index in [1.165, 1.54) is 0 Å². The third-order valence-corrected chi connectivity index (χ3v) is 2.35. The molecule has 0 aliphatic heterocycles. The standard InChI is InChI=1S/C12H13N3/c1-10-8-13-5-3-7-15(2)12-4-6-14-9-11(10)12/h3-9H,1-2H3. The van der Waals surface area contributed by atoms with E-state index in [4.69, 9.17) is 0 Å². The Bertz CT molecular complexity index is 481. The van der Waals surface area contributed by atoms with Crippen molar-refractivity contribution in [2.75, 3.05) is 0 Å². The molecule has 0 saturated carbocycles. The quantitative estimate of drug-likeness (QED) is 0.652. The van der Waals surface area contributed by atoms with E-state index in [0.717, 1.165) is 16.5 Å². The van der Waals surface area contributed by atoms with E-state index in [1.54, 1.807) is 12.4 Å². The number of pyridine rings is 1. The van der Waals surface area contributed by atoms with Gasteiger partial charge in [-0.3, -0.25) is 9.97 Å².